The van der Waals surface area contributed by atoms with Gasteiger partial charge < -0.3 is 15.3 Å². The molecule has 2 N–H and O–H groups in total. The summed E-state index contributed by atoms with van der Waals surface area (Å²) < 4.78 is 0. The first-order valence-electron chi connectivity index (χ1n) is 8.43. The summed E-state index contributed by atoms with van der Waals surface area (Å²) in [5.74, 6) is 0.115. The SMILES string of the molecule is CC(=O)N1CCc2cc(C(=O)NC3CCCCC3CO)ccc21. The largest absolute Gasteiger partial charge is 0.396 e. The summed E-state index contributed by atoms with van der Waals surface area (Å²) in [4.78, 5) is 25.8. The van der Waals surface area contributed by atoms with Crippen LogP contribution in [0.1, 0.15) is 48.5 Å². The van der Waals surface area contributed by atoms with Gasteiger partial charge in [-0.15, -0.1) is 0 Å². The van der Waals surface area contributed by atoms with Crippen molar-refractivity contribution in [2.45, 2.75) is 45.1 Å². The van der Waals surface area contributed by atoms with Gasteiger partial charge in [0.15, 0.2) is 0 Å². The lowest BCUT2D eigenvalue weighted by molar-refractivity contribution is -0.116. The molecule has 0 saturated heterocycles. The van der Waals surface area contributed by atoms with Crippen LogP contribution >= 0.6 is 0 Å². The third kappa shape index (κ3) is 3.24. The van der Waals surface area contributed by atoms with Gasteiger partial charge in [-0.1, -0.05) is 12.8 Å². The van der Waals surface area contributed by atoms with Crippen LogP contribution in [0.25, 0.3) is 0 Å². The number of carbonyl (C=O) groups excluding carboxylic acids is 2. The third-order valence-electron chi connectivity index (χ3n) is 5.08. The standard InChI is InChI=1S/C18H24N2O3/c1-12(22)20-9-8-13-10-14(6-7-17(13)20)18(23)19-16-5-3-2-4-15(16)11-21/h6-7,10,15-16,21H,2-5,8-9,11H2,1H3,(H,19,23). The van der Waals surface area contributed by atoms with Crippen LogP contribution in [0.4, 0.5) is 5.69 Å². The number of hydrogen-bond donors (Lipinski definition) is 2. The monoisotopic (exact) mass is 316 g/mol. The van der Waals surface area contributed by atoms with Gasteiger partial charge in [-0.25, -0.2) is 0 Å². The zero-order valence-corrected chi connectivity index (χ0v) is 13.5. The summed E-state index contributed by atoms with van der Waals surface area (Å²) in [6.07, 6.45) is 4.91. The minimum absolute atomic E-state index is 0.0361. The molecule has 0 aromatic heterocycles. The summed E-state index contributed by atoms with van der Waals surface area (Å²) >= 11 is 0. The molecule has 23 heavy (non-hydrogen) atoms. The van der Waals surface area contributed by atoms with Crippen LogP contribution in [0, 0.1) is 5.92 Å². The highest BCUT2D eigenvalue weighted by atomic mass is 16.3. The number of carbonyl (C=O) groups is 2. The zero-order chi connectivity index (χ0) is 16.4. The lowest BCUT2D eigenvalue weighted by atomic mass is 9.85. The van der Waals surface area contributed by atoms with E-state index in [-0.39, 0.29) is 30.4 Å². The number of nitrogens with zero attached hydrogens (tertiary/aromatic N) is 1. The first-order valence-corrected chi connectivity index (χ1v) is 8.43. The van der Waals surface area contributed by atoms with E-state index in [1.807, 2.05) is 12.1 Å². The third-order valence-corrected chi connectivity index (χ3v) is 5.08. The van der Waals surface area contributed by atoms with Gasteiger partial charge >= 0.3 is 0 Å². The van der Waals surface area contributed by atoms with E-state index >= 15 is 0 Å². The molecule has 124 valence electrons. The van der Waals surface area contributed by atoms with Crippen LogP contribution in [-0.2, 0) is 11.2 Å². The predicted molar refractivity (Wildman–Crippen MR) is 88.5 cm³/mol. The van der Waals surface area contributed by atoms with Gasteiger partial charge in [0.1, 0.15) is 0 Å². The second-order valence-corrected chi connectivity index (χ2v) is 6.57. The number of aliphatic hydroxyl groups excluding tert-OH is 1. The molecule has 5 nitrogen and oxygen atoms in total. The summed E-state index contributed by atoms with van der Waals surface area (Å²) in [6, 6.07) is 5.60. The van der Waals surface area contributed by atoms with Crippen molar-refractivity contribution in [2.24, 2.45) is 5.92 Å². The van der Waals surface area contributed by atoms with Crippen molar-refractivity contribution >= 4 is 17.5 Å². The number of benzene rings is 1. The number of hydrogen-bond acceptors (Lipinski definition) is 3. The van der Waals surface area contributed by atoms with Gasteiger partial charge in [-0.3, -0.25) is 9.59 Å². The molecule has 1 fully saturated rings. The summed E-state index contributed by atoms with van der Waals surface area (Å²) in [5, 5.41) is 12.5. The van der Waals surface area contributed by atoms with Crippen LogP contribution in [-0.4, -0.2) is 36.1 Å². The Bertz CT molecular complexity index is 614. The molecular formula is C18H24N2O3. The topological polar surface area (TPSA) is 69.6 Å². The normalized spacial score (nSPS) is 23.5. The van der Waals surface area contributed by atoms with Gasteiger partial charge in [0.2, 0.25) is 5.91 Å². The second-order valence-electron chi connectivity index (χ2n) is 6.57. The van der Waals surface area contributed by atoms with Crippen molar-refractivity contribution in [3.8, 4) is 0 Å². The molecule has 1 aliphatic heterocycles. The van der Waals surface area contributed by atoms with E-state index in [2.05, 4.69) is 5.32 Å². The van der Waals surface area contributed by atoms with Crippen molar-refractivity contribution in [1.82, 2.24) is 5.32 Å². The van der Waals surface area contributed by atoms with E-state index in [9.17, 15) is 14.7 Å². The molecule has 1 saturated carbocycles. The van der Waals surface area contributed by atoms with E-state index in [1.165, 1.54) is 0 Å². The molecule has 0 spiro atoms. The average Bonchev–Trinajstić information content (AvgIpc) is 2.98. The molecule has 2 unspecified atom stereocenters. The fraction of sp³-hybridized carbons (Fsp3) is 0.556. The molecule has 5 heteroatoms. The van der Waals surface area contributed by atoms with E-state index in [1.54, 1.807) is 17.9 Å². The van der Waals surface area contributed by atoms with Crippen LogP contribution in [0.5, 0.6) is 0 Å². The fourth-order valence-electron chi connectivity index (χ4n) is 3.74. The smallest absolute Gasteiger partial charge is 0.251 e. The van der Waals surface area contributed by atoms with Gasteiger partial charge in [-0.2, -0.15) is 0 Å². The van der Waals surface area contributed by atoms with Crippen LogP contribution < -0.4 is 10.2 Å². The Morgan fingerprint density at radius 3 is 2.83 bits per heavy atom. The molecule has 3 rings (SSSR count). The van der Waals surface area contributed by atoms with Crippen LogP contribution in [0.15, 0.2) is 18.2 Å². The average molecular weight is 316 g/mol. The maximum absolute atomic E-state index is 12.5. The van der Waals surface area contributed by atoms with E-state index < -0.39 is 0 Å². The number of amides is 2. The van der Waals surface area contributed by atoms with Crippen molar-refractivity contribution in [3.63, 3.8) is 0 Å². The van der Waals surface area contributed by atoms with Crippen molar-refractivity contribution in [2.75, 3.05) is 18.1 Å². The molecule has 0 radical (unpaired) electrons. The van der Waals surface area contributed by atoms with E-state index in [4.69, 9.17) is 0 Å². The highest BCUT2D eigenvalue weighted by Crippen LogP contribution is 2.29. The Morgan fingerprint density at radius 2 is 2.09 bits per heavy atom. The van der Waals surface area contributed by atoms with Crippen molar-refractivity contribution in [1.29, 1.82) is 0 Å². The summed E-state index contributed by atoms with van der Waals surface area (Å²) in [6.45, 7) is 2.38. The minimum atomic E-state index is -0.0839. The molecule has 1 aromatic rings. The maximum Gasteiger partial charge on any atom is 0.251 e. The molecule has 1 aromatic carbocycles. The molecule has 2 atom stereocenters. The van der Waals surface area contributed by atoms with Crippen LogP contribution in [0.3, 0.4) is 0 Å². The van der Waals surface area contributed by atoms with Gasteiger partial charge in [0.05, 0.1) is 0 Å². The fourth-order valence-corrected chi connectivity index (χ4v) is 3.74. The number of nitrogens with one attached hydrogen (secondary N) is 1. The van der Waals surface area contributed by atoms with E-state index in [0.29, 0.717) is 12.1 Å². The Balaban J connectivity index is 1.72. The van der Waals surface area contributed by atoms with Crippen molar-refractivity contribution in [3.05, 3.63) is 29.3 Å². The molecular weight excluding hydrogens is 292 g/mol. The zero-order valence-electron chi connectivity index (χ0n) is 13.5. The molecule has 1 heterocycles. The first-order chi connectivity index (χ1) is 11.1. The first kappa shape index (κ1) is 16.0. The number of aliphatic hydroxyl groups is 1. The molecule has 1 aliphatic carbocycles. The van der Waals surface area contributed by atoms with Gasteiger partial charge in [-0.05, 0) is 43.0 Å². The quantitative estimate of drug-likeness (QED) is 0.894. The number of fused-ring (bicyclic) bond motifs is 1. The minimum Gasteiger partial charge on any atom is -0.396 e. The summed E-state index contributed by atoms with van der Waals surface area (Å²) in [5.41, 5.74) is 2.60. The lowest BCUT2D eigenvalue weighted by Crippen LogP contribution is -2.43. The maximum atomic E-state index is 12.5. The number of rotatable bonds is 3. The Morgan fingerprint density at radius 1 is 1.30 bits per heavy atom. The van der Waals surface area contributed by atoms with Gasteiger partial charge in [0, 0.05) is 43.3 Å². The highest BCUT2D eigenvalue weighted by Gasteiger charge is 2.27. The molecule has 0 bridgehead atoms. The number of anilines is 1. The van der Waals surface area contributed by atoms with E-state index in [0.717, 1.165) is 43.4 Å². The van der Waals surface area contributed by atoms with Crippen molar-refractivity contribution < 1.29 is 14.7 Å². The Kier molecular flexibility index (Phi) is 4.66. The second kappa shape index (κ2) is 6.71. The van der Waals surface area contributed by atoms with Crippen LogP contribution in [0.2, 0.25) is 0 Å². The highest BCUT2D eigenvalue weighted by molar-refractivity contribution is 5.98. The predicted octanol–water partition coefficient (Wildman–Crippen LogP) is 1.88. The Labute approximate surface area is 136 Å². The van der Waals surface area contributed by atoms with Gasteiger partial charge in [0.25, 0.3) is 5.91 Å². The molecule has 2 amide bonds. The molecule has 2 aliphatic rings. The Hall–Kier alpha value is -1.88. The lowest BCUT2D eigenvalue weighted by Gasteiger charge is -2.30. The summed E-state index contributed by atoms with van der Waals surface area (Å²) in [7, 11) is 0.